The van der Waals surface area contributed by atoms with Crippen LogP contribution < -0.4 is 0 Å². The summed E-state index contributed by atoms with van der Waals surface area (Å²) in [6, 6.07) is 0. The molecule has 150 valence electrons. The molecule has 0 aromatic carbocycles. The van der Waals surface area contributed by atoms with Crippen LogP contribution in [0.4, 0.5) is 0 Å². The highest BCUT2D eigenvalue weighted by molar-refractivity contribution is 5.81. The Labute approximate surface area is 156 Å². The van der Waals surface area contributed by atoms with Crippen LogP contribution >= 0.6 is 0 Å². The van der Waals surface area contributed by atoms with Gasteiger partial charge in [0.25, 0.3) is 0 Å². The number of aliphatic carboxylic acids is 1. The number of carbonyl (C=O) groups is 3. The van der Waals surface area contributed by atoms with Crippen molar-refractivity contribution in [1.82, 2.24) is 0 Å². The van der Waals surface area contributed by atoms with Gasteiger partial charge >= 0.3 is 17.9 Å². The average molecular weight is 370 g/mol. The molecule has 1 saturated carbocycles. The standard InChI is InChI=1S/C20H34O6/c1-6-11-20(5,19(2,3)4)18(24)26-13-12-25-17(23)15-10-8-7-9-14(15)16(21)22/h14-15H,6-13H2,1-5H3,(H,21,22). The van der Waals surface area contributed by atoms with Crippen molar-refractivity contribution >= 4 is 17.9 Å². The number of carboxylic acids is 1. The number of rotatable bonds is 8. The third kappa shape index (κ3) is 5.45. The van der Waals surface area contributed by atoms with Crippen LogP contribution in [0.1, 0.15) is 73.1 Å². The molecule has 6 heteroatoms. The first kappa shape index (κ1) is 22.5. The van der Waals surface area contributed by atoms with Crippen LogP contribution in [-0.2, 0) is 23.9 Å². The SMILES string of the molecule is CCCC(C)(C(=O)OCCOC(=O)C1CCCCC1C(=O)O)C(C)(C)C. The van der Waals surface area contributed by atoms with Crippen LogP contribution in [0.2, 0.25) is 0 Å². The van der Waals surface area contributed by atoms with Gasteiger partial charge in [-0.3, -0.25) is 14.4 Å². The van der Waals surface area contributed by atoms with Crippen molar-refractivity contribution in [2.75, 3.05) is 13.2 Å². The van der Waals surface area contributed by atoms with Gasteiger partial charge in [-0.15, -0.1) is 0 Å². The first-order valence-electron chi connectivity index (χ1n) is 9.61. The van der Waals surface area contributed by atoms with Crippen LogP contribution in [0, 0.1) is 22.7 Å². The maximum atomic E-state index is 12.5. The molecule has 3 unspecified atom stereocenters. The third-order valence-electron chi connectivity index (χ3n) is 5.80. The van der Waals surface area contributed by atoms with E-state index in [9.17, 15) is 19.5 Å². The zero-order valence-electron chi connectivity index (χ0n) is 16.8. The lowest BCUT2D eigenvalue weighted by Gasteiger charge is -2.39. The molecule has 0 bridgehead atoms. The van der Waals surface area contributed by atoms with Crippen molar-refractivity contribution in [2.45, 2.75) is 73.1 Å². The summed E-state index contributed by atoms with van der Waals surface area (Å²) in [6.07, 6.45) is 4.29. The van der Waals surface area contributed by atoms with Crippen LogP contribution in [0.25, 0.3) is 0 Å². The molecule has 0 saturated heterocycles. The predicted octanol–water partition coefficient (Wildman–Crippen LogP) is 3.82. The fourth-order valence-corrected chi connectivity index (χ4v) is 3.53. The lowest BCUT2D eigenvalue weighted by molar-refractivity contribution is -0.168. The van der Waals surface area contributed by atoms with Crippen LogP contribution in [-0.4, -0.2) is 36.2 Å². The minimum atomic E-state index is -0.946. The second-order valence-electron chi connectivity index (χ2n) is 8.47. The molecule has 3 atom stereocenters. The average Bonchev–Trinajstić information content (AvgIpc) is 2.57. The van der Waals surface area contributed by atoms with E-state index in [4.69, 9.17) is 9.47 Å². The molecule has 0 spiro atoms. The number of carbonyl (C=O) groups excluding carboxylic acids is 2. The summed E-state index contributed by atoms with van der Waals surface area (Å²) < 4.78 is 10.6. The zero-order valence-corrected chi connectivity index (χ0v) is 16.8. The van der Waals surface area contributed by atoms with Crippen molar-refractivity contribution in [3.8, 4) is 0 Å². The second kappa shape index (κ2) is 9.38. The van der Waals surface area contributed by atoms with Gasteiger partial charge in [-0.1, -0.05) is 47.0 Å². The largest absolute Gasteiger partial charge is 0.481 e. The summed E-state index contributed by atoms with van der Waals surface area (Å²) in [4.78, 5) is 36.0. The van der Waals surface area contributed by atoms with E-state index in [1.165, 1.54) is 0 Å². The maximum Gasteiger partial charge on any atom is 0.312 e. The molecule has 1 fully saturated rings. The molecule has 1 aliphatic rings. The Morgan fingerprint density at radius 1 is 0.962 bits per heavy atom. The number of hydrogen-bond donors (Lipinski definition) is 1. The van der Waals surface area contributed by atoms with Crippen molar-refractivity contribution < 1.29 is 29.0 Å². The number of esters is 2. The van der Waals surface area contributed by atoms with Gasteiger partial charge in [0.05, 0.1) is 17.3 Å². The molecule has 0 aliphatic heterocycles. The normalized spacial score (nSPS) is 23.0. The van der Waals surface area contributed by atoms with E-state index in [0.717, 1.165) is 25.7 Å². The summed E-state index contributed by atoms with van der Waals surface area (Å²) >= 11 is 0. The van der Waals surface area contributed by atoms with Crippen molar-refractivity contribution in [2.24, 2.45) is 22.7 Å². The fraction of sp³-hybridized carbons (Fsp3) is 0.850. The van der Waals surface area contributed by atoms with Gasteiger partial charge in [0.15, 0.2) is 0 Å². The summed E-state index contributed by atoms with van der Waals surface area (Å²) in [5, 5.41) is 9.24. The second-order valence-corrected chi connectivity index (χ2v) is 8.47. The van der Waals surface area contributed by atoms with Gasteiger partial charge in [0.1, 0.15) is 13.2 Å². The van der Waals surface area contributed by atoms with Crippen LogP contribution in [0.5, 0.6) is 0 Å². The molecular formula is C20H34O6. The van der Waals surface area contributed by atoms with E-state index < -0.39 is 29.2 Å². The molecule has 0 radical (unpaired) electrons. The molecule has 6 nitrogen and oxygen atoms in total. The Morgan fingerprint density at radius 3 is 2.00 bits per heavy atom. The Bertz CT molecular complexity index is 507. The molecule has 0 heterocycles. The van der Waals surface area contributed by atoms with Crippen molar-refractivity contribution in [3.05, 3.63) is 0 Å². The van der Waals surface area contributed by atoms with E-state index in [1.54, 1.807) is 0 Å². The maximum absolute atomic E-state index is 12.5. The third-order valence-corrected chi connectivity index (χ3v) is 5.80. The summed E-state index contributed by atoms with van der Waals surface area (Å²) in [6.45, 7) is 9.92. The molecule has 0 amide bonds. The van der Waals surface area contributed by atoms with E-state index >= 15 is 0 Å². The number of hydrogen-bond acceptors (Lipinski definition) is 5. The van der Waals surface area contributed by atoms with E-state index in [2.05, 4.69) is 0 Å². The van der Waals surface area contributed by atoms with Gasteiger partial charge in [-0.2, -0.15) is 0 Å². The Hall–Kier alpha value is -1.59. The van der Waals surface area contributed by atoms with Gasteiger partial charge in [0.2, 0.25) is 0 Å². The predicted molar refractivity (Wildman–Crippen MR) is 97.5 cm³/mol. The number of ether oxygens (including phenoxy) is 2. The zero-order chi connectivity index (χ0) is 20.0. The Morgan fingerprint density at radius 2 is 1.50 bits per heavy atom. The van der Waals surface area contributed by atoms with Crippen molar-refractivity contribution in [3.63, 3.8) is 0 Å². The molecule has 0 aromatic rings. The van der Waals surface area contributed by atoms with E-state index in [1.807, 2.05) is 34.6 Å². The van der Waals surface area contributed by atoms with Gasteiger partial charge in [-0.05, 0) is 31.6 Å². The topological polar surface area (TPSA) is 89.9 Å². The smallest absolute Gasteiger partial charge is 0.312 e. The lowest BCUT2D eigenvalue weighted by atomic mass is 9.65. The molecule has 1 rings (SSSR count). The first-order valence-corrected chi connectivity index (χ1v) is 9.61. The molecule has 1 N–H and O–H groups in total. The van der Waals surface area contributed by atoms with Gasteiger partial charge in [0, 0.05) is 0 Å². The van der Waals surface area contributed by atoms with Crippen molar-refractivity contribution in [1.29, 1.82) is 0 Å². The van der Waals surface area contributed by atoms with Gasteiger partial charge in [-0.25, -0.2) is 0 Å². The highest BCUT2D eigenvalue weighted by Crippen LogP contribution is 2.43. The molecule has 1 aliphatic carbocycles. The summed E-state index contributed by atoms with van der Waals surface area (Å²) in [5.74, 6) is -3.01. The molecular weight excluding hydrogens is 336 g/mol. The molecule has 0 aromatic heterocycles. The summed E-state index contributed by atoms with van der Waals surface area (Å²) in [5.41, 5.74) is -0.850. The highest BCUT2D eigenvalue weighted by atomic mass is 16.6. The van der Waals surface area contributed by atoms with Crippen LogP contribution in [0.15, 0.2) is 0 Å². The fourth-order valence-electron chi connectivity index (χ4n) is 3.53. The first-order chi connectivity index (χ1) is 12.0. The summed E-state index contributed by atoms with van der Waals surface area (Å²) in [7, 11) is 0. The highest BCUT2D eigenvalue weighted by Gasteiger charge is 2.44. The Balaban J connectivity index is 2.51. The minimum Gasteiger partial charge on any atom is -0.481 e. The van der Waals surface area contributed by atoms with Crippen LogP contribution in [0.3, 0.4) is 0 Å². The van der Waals surface area contributed by atoms with Gasteiger partial charge < -0.3 is 14.6 Å². The lowest BCUT2D eigenvalue weighted by Crippen LogP contribution is -2.42. The minimum absolute atomic E-state index is 0.00951. The van der Waals surface area contributed by atoms with E-state index in [0.29, 0.717) is 12.8 Å². The quantitative estimate of drug-likeness (QED) is 0.516. The number of carboxylic acid groups (broad SMARTS) is 1. The Kier molecular flexibility index (Phi) is 8.10. The van der Waals surface area contributed by atoms with E-state index in [-0.39, 0.29) is 24.6 Å². The molecule has 26 heavy (non-hydrogen) atoms. The monoisotopic (exact) mass is 370 g/mol.